The summed E-state index contributed by atoms with van der Waals surface area (Å²) in [6.07, 6.45) is 0.950. The fraction of sp³-hybridized carbons (Fsp3) is 0.500. The quantitative estimate of drug-likeness (QED) is 0.817. The van der Waals surface area contributed by atoms with E-state index in [9.17, 15) is 9.59 Å². The number of hydrogen-bond acceptors (Lipinski definition) is 3. The van der Waals surface area contributed by atoms with E-state index >= 15 is 0 Å². The molecule has 1 fully saturated rings. The maximum Gasteiger partial charge on any atom is 0.319 e. The summed E-state index contributed by atoms with van der Waals surface area (Å²) >= 11 is 0. The Bertz CT molecular complexity index is 549. The van der Waals surface area contributed by atoms with Gasteiger partial charge >= 0.3 is 5.97 Å². The molecule has 0 aromatic heterocycles. The standard InChI is InChI=1S/C16H21NO4/c1-11(2)21-13-6-4-5-12(9-13)10-17(3)14(18)16(7-8-16)15(19)20/h4-6,9,11H,7-8,10H2,1-3H3,(H,19,20). The Morgan fingerprint density at radius 1 is 1.38 bits per heavy atom. The minimum atomic E-state index is -1.18. The Morgan fingerprint density at radius 3 is 2.57 bits per heavy atom. The number of carbonyl (C=O) groups excluding carboxylic acids is 1. The van der Waals surface area contributed by atoms with Crippen molar-refractivity contribution in [3.05, 3.63) is 29.8 Å². The lowest BCUT2D eigenvalue weighted by atomic mass is 10.1. The molecule has 1 aromatic rings. The minimum absolute atomic E-state index is 0.0846. The van der Waals surface area contributed by atoms with Gasteiger partial charge in [0.2, 0.25) is 5.91 Å². The monoisotopic (exact) mass is 291 g/mol. The van der Waals surface area contributed by atoms with Crippen molar-refractivity contribution in [2.75, 3.05) is 7.05 Å². The summed E-state index contributed by atoms with van der Waals surface area (Å²) in [4.78, 5) is 24.9. The van der Waals surface area contributed by atoms with Crippen LogP contribution in [0.25, 0.3) is 0 Å². The number of benzene rings is 1. The lowest BCUT2D eigenvalue weighted by molar-refractivity contribution is -0.153. The van der Waals surface area contributed by atoms with Gasteiger partial charge in [0.1, 0.15) is 11.2 Å². The Labute approximate surface area is 124 Å². The lowest BCUT2D eigenvalue weighted by Gasteiger charge is -2.21. The number of carboxylic acids is 1. The molecule has 0 heterocycles. The summed E-state index contributed by atoms with van der Waals surface area (Å²) in [5.41, 5.74) is -0.258. The van der Waals surface area contributed by atoms with E-state index in [1.807, 2.05) is 38.1 Å². The van der Waals surface area contributed by atoms with Crippen LogP contribution >= 0.6 is 0 Å². The molecule has 0 saturated heterocycles. The van der Waals surface area contributed by atoms with E-state index in [0.717, 1.165) is 11.3 Å². The molecular weight excluding hydrogens is 270 g/mol. The number of ether oxygens (including phenoxy) is 1. The molecule has 1 N–H and O–H groups in total. The SMILES string of the molecule is CC(C)Oc1cccc(CN(C)C(=O)C2(C(=O)O)CC2)c1. The molecule has 1 saturated carbocycles. The normalized spacial score (nSPS) is 15.6. The van der Waals surface area contributed by atoms with Crippen LogP contribution in [0, 0.1) is 5.41 Å². The summed E-state index contributed by atoms with van der Waals surface area (Å²) < 4.78 is 5.62. The highest BCUT2D eigenvalue weighted by atomic mass is 16.5. The molecule has 1 amide bonds. The largest absolute Gasteiger partial charge is 0.491 e. The third kappa shape index (κ3) is 3.35. The van der Waals surface area contributed by atoms with E-state index in [1.54, 1.807) is 7.05 Å². The first-order chi connectivity index (χ1) is 9.85. The second-order valence-electron chi connectivity index (χ2n) is 5.86. The maximum absolute atomic E-state index is 12.2. The number of amides is 1. The Balaban J connectivity index is 2.04. The van der Waals surface area contributed by atoms with E-state index in [1.165, 1.54) is 4.90 Å². The Hall–Kier alpha value is -2.04. The van der Waals surface area contributed by atoms with Gasteiger partial charge in [-0.25, -0.2) is 0 Å². The van der Waals surface area contributed by atoms with Crippen LogP contribution in [0.1, 0.15) is 32.3 Å². The molecule has 114 valence electrons. The fourth-order valence-corrected chi connectivity index (χ4v) is 2.34. The van der Waals surface area contributed by atoms with E-state index in [2.05, 4.69) is 0 Å². The van der Waals surface area contributed by atoms with Crippen LogP contribution in [-0.2, 0) is 16.1 Å². The third-order valence-corrected chi connectivity index (χ3v) is 3.61. The molecule has 0 unspecified atom stereocenters. The first-order valence-corrected chi connectivity index (χ1v) is 7.10. The van der Waals surface area contributed by atoms with Gasteiger partial charge in [0.05, 0.1) is 6.10 Å². The van der Waals surface area contributed by atoms with Gasteiger partial charge in [-0.1, -0.05) is 12.1 Å². The van der Waals surface area contributed by atoms with Gasteiger partial charge in [0.25, 0.3) is 0 Å². The van der Waals surface area contributed by atoms with E-state index in [0.29, 0.717) is 19.4 Å². The van der Waals surface area contributed by atoms with E-state index in [4.69, 9.17) is 9.84 Å². The predicted molar refractivity (Wildman–Crippen MR) is 78.0 cm³/mol. The average Bonchev–Trinajstić information content (AvgIpc) is 3.18. The van der Waals surface area contributed by atoms with Gasteiger partial charge in [-0.05, 0) is 44.4 Å². The molecule has 0 aliphatic heterocycles. The topological polar surface area (TPSA) is 66.8 Å². The van der Waals surface area contributed by atoms with Gasteiger partial charge in [0.15, 0.2) is 0 Å². The second kappa shape index (κ2) is 5.76. The molecule has 2 rings (SSSR count). The summed E-state index contributed by atoms with van der Waals surface area (Å²) in [7, 11) is 1.64. The van der Waals surface area contributed by atoms with Crippen molar-refractivity contribution < 1.29 is 19.4 Å². The molecule has 1 aliphatic rings. The zero-order chi connectivity index (χ0) is 15.6. The van der Waals surface area contributed by atoms with Crippen molar-refractivity contribution in [1.29, 1.82) is 0 Å². The summed E-state index contributed by atoms with van der Waals surface area (Å²) in [6, 6.07) is 7.52. The lowest BCUT2D eigenvalue weighted by Crippen LogP contribution is -2.38. The number of aliphatic carboxylic acids is 1. The molecular formula is C16H21NO4. The van der Waals surface area contributed by atoms with Crippen molar-refractivity contribution in [1.82, 2.24) is 4.90 Å². The highest BCUT2D eigenvalue weighted by Gasteiger charge is 2.58. The van der Waals surface area contributed by atoms with Crippen LogP contribution in [0.3, 0.4) is 0 Å². The number of carboxylic acid groups (broad SMARTS) is 1. The second-order valence-corrected chi connectivity index (χ2v) is 5.86. The Morgan fingerprint density at radius 2 is 2.05 bits per heavy atom. The third-order valence-electron chi connectivity index (χ3n) is 3.61. The molecule has 1 aromatic carbocycles. The molecule has 5 nitrogen and oxygen atoms in total. The Kier molecular flexibility index (Phi) is 4.21. The molecule has 5 heteroatoms. The van der Waals surface area contributed by atoms with Crippen molar-refractivity contribution in [2.45, 2.75) is 39.3 Å². The summed E-state index contributed by atoms with van der Waals surface area (Å²) in [5.74, 6) is -0.579. The molecule has 0 bridgehead atoms. The molecule has 0 spiro atoms. The molecule has 1 aliphatic carbocycles. The van der Waals surface area contributed by atoms with Crippen LogP contribution in [0.15, 0.2) is 24.3 Å². The number of rotatable bonds is 6. The molecule has 21 heavy (non-hydrogen) atoms. The first-order valence-electron chi connectivity index (χ1n) is 7.10. The highest BCUT2D eigenvalue weighted by molar-refractivity contribution is 6.04. The van der Waals surface area contributed by atoms with E-state index in [-0.39, 0.29) is 12.0 Å². The van der Waals surface area contributed by atoms with Crippen molar-refractivity contribution in [3.63, 3.8) is 0 Å². The van der Waals surface area contributed by atoms with Crippen LogP contribution in [0.5, 0.6) is 5.75 Å². The molecule has 0 radical (unpaired) electrons. The van der Waals surface area contributed by atoms with Crippen LogP contribution in [0.4, 0.5) is 0 Å². The van der Waals surface area contributed by atoms with Gasteiger partial charge in [0, 0.05) is 13.6 Å². The van der Waals surface area contributed by atoms with Crippen molar-refractivity contribution >= 4 is 11.9 Å². The minimum Gasteiger partial charge on any atom is -0.491 e. The van der Waals surface area contributed by atoms with Gasteiger partial charge in [-0.3, -0.25) is 9.59 Å². The average molecular weight is 291 g/mol. The van der Waals surface area contributed by atoms with Crippen LogP contribution < -0.4 is 4.74 Å². The number of carbonyl (C=O) groups is 2. The van der Waals surface area contributed by atoms with Crippen LogP contribution in [0.2, 0.25) is 0 Å². The predicted octanol–water partition coefficient (Wildman–Crippen LogP) is 2.30. The van der Waals surface area contributed by atoms with Crippen molar-refractivity contribution in [2.24, 2.45) is 5.41 Å². The van der Waals surface area contributed by atoms with E-state index < -0.39 is 11.4 Å². The van der Waals surface area contributed by atoms with Gasteiger partial charge in [-0.15, -0.1) is 0 Å². The van der Waals surface area contributed by atoms with Crippen molar-refractivity contribution in [3.8, 4) is 5.75 Å². The number of hydrogen-bond donors (Lipinski definition) is 1. The highest BCUT2D eigenvalue weighted by Crippen LogP contribution is 2.47. The summed E-state index contributed by atoms with van der Waals surface area (Å²) in [5, 5.41) is 9.16. The number of nitrogens with zero attached hydrogens (tertiary/aromatic N) is 1. The van der Waals surface area contributed by atoms with Gasteiger partial charge < -0.3 is 14.7 Å². The fourth-order valence-electron chi connectivity index (χ4n) is 2.34. The zero-order valence-corrected chi connectivity index (χ0v) is 12.6. The summed E-state index contributed by atoms with van der Waals surface area (Å²) in [6.45, 7) is 4.28. The zero-order valence-electron chi connectivity index (χ0n) is 12.6. The van der Waals surface area contributed by atoms with Gasteiger partial charge in [-0.2, -0.15) is 0 Å². The first kappa shape index (κ1) is 15.4. The smallest absolute Gasteiger partial charge is 0.319 e. The molecule has 0 atom stereocenters. The van der Waals surface area contributed by atoms with Crippen LogP contribution in [-0.4, -0.2) is 35.0 Å². The maximum atomic E-state index is 12.2.